The van der Waals surface area contributed by atoms with Crippen LogP contribution in [0.5, 0.6) is 5.75 Å². The topological polar surface area (TPSA) is 27.1 Å². The van der Waals surface area contributed by atoms with Crippen LogP contribution in [0.1, 0.15) is 32.1 Å². The predicted molar refractivity (Wildman–Crippen MR) is 103 cm³/mol. The van der Waals surface area contributed by atoms with Gasteiger partial charge in [-0.3, -0.25) is 0 Å². The second-order valence-corrected chi connectivity index (χ2v) is 7.32. The third-order valence-corrected chi connectivity index (χ3v) is 5.46. The number of ether oxygens (including phenoxy) is 1. The zero-order chi connectivity index (χ0) is 17.2. The molecule has 1 aliphatic rings. The van der Waals surface area contributed by atoms with E-state index in [1.54, 1.807) is 7.11 Å². The van der Waals surface area contributed by atoms with Crippen molar-refractivity contribution in [2.45, 2.75) is 38.6 Å². The van der Waals surface area contributed by atoms with Crippen molar-refractivity contribution < 1.29 is 4.74 Å². The van der Waals surface area contributed by atoms with E-state index in [2.05, 4.69) is 22.8 Å². The summed E-state index contributed by atoms with van der Waals surface area (Å²) in [4.78, 5) is 4.93. The number of methoxy groups -OCH3 is 1. The van der Waals surface area contributed by atoms with Crippen molar-refractivity contribution in [1.29, 1.82) is 0 Å². The first kappa shape index (κ1) is 16.5. The largest absolute Gasteiger partial charge is 0.496 e. The number of rotatable bonds is 4. The highest BCUT2D eigenvalue weighted by molar-refractivity contribution is 6.30. The van der Waals surface area contributed by atoms with E-state index in [1.165, 1.54) is 37.6 Å². The van der Waals surface area contributed by atoms with Crippen molar-refractivity contribution in [3.63, 3.8) is 0 Å². The molecular weight excluding hydrogens is 332 g/mol. The smallest absolute Gasteiger partial charge is 0.144 e. The number of imidazole rings is 1. The van der Waals surface area contributed by atoms with E-state index in [0.29, 0.717) is 5.02 Å². The Balaban J connectivity index is 1.84. The Hall–Kier alpha value is -2.00. The molecular formula is C21H23ClN2O. The lowest BCUT2D eigenvalue weighted by atomic mass is 9.89. The molecule has 0 aliphatic heterocycles. The van der Waals surface area contributed by atoms with Crippen LogP contribution in [0.4, 0.5) is 0 Å². The van der Waals surface area contributed by atoms with Gasteiger partial charge in [-0.15, -0.1) is 0 Å². The summed E-state index contributed by atoms with van der Waals surface area (Å²) in [5, 5.41) is 0.676. The van der Waals surface area contributed by atoms with Crippen molar-refractivity contribution in [3.8, 4) is 17.1 Å². The Labute approximate surface area is 153 Å². The Kier molecular flexibility index (Phi) is 4.67. The minimum absolute atomic E-state index is 0.676. The SMILES string of the molecule is COc1cc(Cl)ccc1-c1nc2ccccc2n1CC1CCCCC1. The number of nitrogens with zero attached hydrogens (tertiary/aromatic N) is 2. The molecule has 0 radical (unpaired) electrons. The molecule has 0 spiro atoms. The summed E-state index contributed by atoms with van der Waals surface area (Å²) in [5.41, 5.74) is 3.23. The number of fused-ring (bicyclic) bond motifs is 1. The van der Waals surface area contributed by atoms with Gasteiger partial charge in [0, 0.05) is 11.6 Å². The van der Waals surface area contributed by atoms with Crippen LogP contribution in [-0.2, 0) is 6.54 Å². The molecule has 0 N–H and O–H groups in total. The van der Waals surface area contributed by atoms with Crippen molar-refractivity contribution in [2.75, 3.05) is 7.11 Å². The summed E-state index contributed by atoms with van der Waals surface area (Å²) < 4.78 is 7.96. The third-order valence-electron chi connectivity index (χ3n) is 5.22. The van der Waals surface area contributed by atoms with E-state index in [1.807, 2.05) is 24.3 Å². The molecule has 25 heavy (non-hydrogen) atoms. The summed E-state index contributed by atoms with van der Waals surface area (Å²) in [7, 11) is 1.68. The van der Waals surface area contributed by atoms with Crippen LogP contribution < -0.4 is 4.74 Å². The average Bonchev–Trinajstić information content (AvgIpc) is 3.01. The Morgan fingerprint density at radius 1 is 1.12 bits per heavy atom. The lowest BCUT2D eigenvalue weighted by Crippen LogP contribution is -2.15. The molecule has 0 amide bonds. The number of hydrogen-bond acceptors (Lipinski definition) is 2. The van der Waals surface area contributed by atoms with E-state index in [4.69, 9.17) is 21.3 Å². The maximum absolute atomic E-state index is 6.15. The van der Waals surface area contributed by atoms with Crippen molar-refractivity contribution in [2.24, 2.45) is 5.92 Å². The van der Waals surface area contributed by atoms with Crippen LogP contribution in [-0.4, -0.2) is 16.7 Å². The number of para-hydroxylation sites is 2. The van der Waals surface area contributed by atoms with E-state index >= 15 is 0 Å². The van der Waals surface area contributed by atoms with Crippen LogP contribution in [0.25, 0.3) is 22.4 Å². The first-order valence-electron chi connectivity index (χ1n) is 9.05. The molecule has 4 rings (SSSR count). The summed E-state index contributed by atoms with van der Waals surface area (Å²) in [6, 6.07) is 14.2. The highest BCUT2D eigenvalue weighted by atomic mass is 35.5. The zero-order valence-electron chi connectivity index (χ0n) is 14.5. The first-order valence-corrected chi connectivity index (χ1v) is 9.43. The number of halogens is 1. The standard InChI is InChI=1S/C21H23ClN2O/c1-25-20-13-16(22)11-12-17(20)21-23-18-9-5-6-10-19(18)24(21)14-15-7-3-2-4-8-15/h5-6,9-13,15H,2-4,7-8,14H2,1H3. The number of benzene rings is 2. The van der Waals surface area contributed by atoms with Gasteiger partial charge in [0.1, 0.15) is 11.6 Å². The minimum Gasteiger partial charge on any atom is -0.496 e. The Morgan fingerprint density at radius 2 is 1.92 bits per heavy atom. The maximum Gasteiger partial charge on any atom is 0.144 e. The number of hydrogen-bond donors (Lipinski definition) is 0. The molecule has 1 saturated carbocycles. The molecule has 0 unspecified atom stereocenters. The summed E-state index contributed by atoms with van der Waals surface area (Å²) in [5.74, 6) is 2.47. The average molecular weight is 355 g/mol. The van der Waals surface area contributed by atoms with Crippen molar-refractivity contribution in [3.05, 3.63) is 47.5 Å². The normalized spacial score (nSPS) is 15.6. The van der Waals surface area contributed by atoms with E-state index < -0.39 is 0 Å². The highest BCUT2D eigenvalue weighted by Gasteiger charge is 2.20. The fraction of sp³-hybridized carbons (Fsp3) is 0.381. The molecule has 0 atom stereocenters. The van der Waals surface area contributed by atoms with Crippen LogP contribution >= 0.6 is 11.6 Å². The van der Waals surface area contributed by atoms with Gasteiger partial charge in [0.05, 0.1) is 23.7 Å². The van der Waals surface area contributed by atoms with Gasteiger partial charge in [-0.1, -0.05) is 43.0 Å². The van der Waals surface area contributed by atoms with Crippen LogP contribution in [0.15, 0.2) is 42.5 Å². The quantitative estimate of drug-likeness (QED) is 0.579. The molecule has 0 saturated heterocycles. The number of aromatic nitrogens is 2. The van der Waals surface area contributed by atoms with Gasteiger partial charge in [0.25, 0.3) is 0 Å². The predicted octanol–water partition coefficient (Wildman–Crippen LogP) is 5.95. The van der Waals surface area contributed by atoms with Crippen molar-refractivity contribution >= 4 is 22.6 Å². The highest BCUT2D eigenvalue weighted by Crippen LogP contribution is 2.35. The lowest BCUT2D eigenvalue weighted by Gasteiger charge is -2.23. The maximum atomic E-state index is 6.15. The second-order valence-electron chi connectivity index (χ2n) is 6.88. The summed E-state index contributed by atoms with van der Waals surface area (Å²) in [6.45, 7) is 1.02. The van der Waals surface area contributed by atoms with Gasteiger partial charge in [-0.25, -0.2) is 4.98 Å². The summed E-state index contributed by atoms with van der Waals surface area (Å²) >= 11 is 6.15. The molecule has 2 aromatic carbocycles. The van der Waals surface area contributed by atoms with Crippen LogP contribution in [0.3, 0.4) is 0 Å². The van der Waals surface area contributed by atoms with Gasteiger partial charge in [-0.05, 0) is 49.1 Å². The molecule has 4 heteroatoms. The molecule has 1 aromatic heterocycles. The first-order chi connectivity index (χ1) is 12.3. The van der Waals surface area contributed by atoms with Gasteiger partial charge in [0.2, 0.25) is 0 Å². The Morgan fingerprint density at radius 3 is 2.72 bits per heavy atom. The fourth-order valence-electron chi connectivity index (χ4n) is 3.94. The molecule has 1 aliphatic carbocycles. The van der Waals surface area contributed by atoms with Gasteiger partial charge in [0.15, 0.2) is 0 Å². The molecule has 130 valence electrons. The fourth-order valence-corrected chi connectivity index (χ4v) is 4.11. The second kappa shape index (κ2) is 7.09. The van der Waals surface area contributed by atoms with Gasteiger partial charge >= 0.3 is 0 Å². The van der Waals surface area contributed by atoms with E-state index in [0.717, 1.165) is 35.1 Å². The molecule has 3 aromatic rings. The van der Waals surface area contributed by atoms with Gasteiger partial charge < -0.3 is 9.30 Å². The van der Waals surface area contributed by atoms with Crippen LogP contribution in [0, 0.1) is 5.92 Å². The van der Waals surface area contributed by atoms with E-state index in [-0.39, 0.29) is 0 Å². The van der Waals surface area contributed by atoms with Crippen LogP contribution in [0.2, 0.25) is 5.02 Å². The van der Waals surface area contributed by atoms with E-state index in [9.17, 15) is 0 Å². The molecule has 3 nitrogen and oxygen atoms in total. The lowest BCUT2D eigenvalue weighted by molar-refractivity contribution is 0.323. The molecule has 1 fully saturated rings. The third kappa shape index (κ3) is 3.25. The monoisotopic (exact) mass is 354 g/mol. The van der Waals surface area contributed by atoms with Gasteiger partial charge in [-0.2, -0.15) is 0 Å². The summed E-state index contributed by atoms with van der Waals surface area (Å²) in [6.07, 6.45) is 6.68. The minimum atomic E-state index is 0.676. The molecule has 1 heterocycles. The molecule has 0 bridgehead atoms. The Bertz CT molecular complexity index is 881. The van der Waals surface area contributed by atoms with Crippen molar-refractivity contribution in [1.82, 2.24) is 9.55 Å². The zero-order valence-corrected chi connectivity index (χ0v) is 15.3.